The van der Waals surface area contributed by atoms with E-state index >= 15 is 0 Å². The molecule has 68 valence electrons. The molecule has 0 bridgehead atoms. The van der Waals surface area contributed by atoms with Gasteiger partial charge in [0, 0.05) is 5.56 Å². The van der Waals surface area contributed by atoms with E-state index < -0.39 is 0 Å². The lowest BCUT2D eigenvalue weighted by Gasteiger charge is -2.08. The summed E-state index contributed by atoms with van der Waals surface area (Å²) in [6, 6.07) is 5.79. The lowest BCUT2D eigenvalue weighted by molar-refractivity contribution is 0.318. The predicted molar refractivity (Wildman–Crippen MR) is 56.5 cm³/mol. The molecule has 13 heavy (non-hydrogen) atoms. The Morgan fingerprint density at radius 1 is 1.62 bits per heavy atom. The fourth-order valence-electron chi connectivity index (χ4n) is 1.47. The van der Waals surface area contributed by atoms with Gasteiger partial charge in [-0.15, -0.1) is 0 Å². The van der Waals surface area contributed by atoms with Crippen molar-refractivity contribution in [1.29, 1.82) is 0 Å². The fourth-order valence-corrected chi connectivity index (χ4v) is 1.47. The maximum Gasteiger partial charge on any atom is 0.170 e. The van der Waals surface area contributed by atoms with Crippen LogP contribution >= 0.6 is 0 Å². The van der Waals surface area contributed by atoms with Gasteiger partial charge in [-0.2, -0.15) is 0 Å². The molecule has 3 nitrogen and oxygen atoms in total. The third-order valence-electron chi connectivity index (χ3n) is 2.15. The molecule has 0 heterocycles. The van der Waals surface area contributed by atoms with Crippen molar-refractivity contribution in [1.82, 2.24) is 0 Å². The molecule has 3 N–H and O–H groups in total. The minimum Gasteiger partial charge on any atom is -0.409 e. The predicted octanol–water partition coefficient (Wildman–Crippen LogP) is -0.398. The van der Waals surface area contributed by atoms with Crippen LogP contribution in [0.3, 0.4) is 0 Å². The highest BCUT2D eigenvalue weighted by Crippen LogP contribution is 2.06. The van der Waals surface area contributed by atoms with E-state index in [0.29, 0.717) is 0 Å². The van der Waals surface area contributed by atoms with Crippen molar-refractivity contribution in [3.63, 3.8) is 0 Å². The molecule has 0 aliphatic carbocycles. The van der Waals surface area contributed by atoms with Gasteiger partial charge in [-0.25, -0.2) is 0 Å². The highest BCUT2D eigenvalue weighted by molar-refractivity contribution is 6.34. The topological polar surface area (TPSA) is 58.6 Å². The van der Waals surface area contributed by atoms with E-state index in [1.165, 1.54) is 5.46 Å². The molecule has 1 aromatic rings. The normalized spacial score (nSPS) is 11.6. The van der Waals surface area contributed by atoms with Gasteiger partial charge in [0.1, 0.15) is 7.85 Å². The third-order valence-corrected chi connectivity index (χ3v) is 2.15. The Labute approximate surface area is 78.7 Å². The average Bonchev–Trinajstić information content (AvgIpc) is 2.16. The summed E-state index contributed by atoms with van der Waals surface area (Å²) in [5.41, 5.74) is 8.67. The van der Waals surface area contributed by atoms with Crippen molar-refractivity contribution in [2.24, 2.45) is 10.9 Å². The first kappa shape index (κ1) is 9.64. The Morgan fingerprint density at radius 3 is 2.85 bits per heavy atom. The van der Waals surface area contributed by atoms with Crippen molar-refractivity contribution in [2.45, 2.75) is 13.3 Å². The van der Waals surface area contributed by atoms with E-state index in [4.69, 9.17) is 10.9 Å². The molecule has 0 fully saturated rings. The van der Waals surface area contributed by atoms with Gasteiger partial charge in [0.05, 0.1) is 0 Å². The second-order valence-electron chi connectivity index (χ2n) is 2.94. The Hall–Kier alpha value is -1.45. The van der Waals surface area contributed by atoms with Crippen LogP contribution in [-0.2, 0) is 6.42 Å². The standard InChI is InChI=1S/C9H13BN2O/c1-2-6-7(9(11)12-13)4-3-5-8(6)10/h3-5,13H,2,10H2,1H3,(H2,11,12). The molecular formula is C9H13BN2O. The van der Waals surface area contributed by atoms with Crippen LogP contribution in [0.2, 0.25) is 0 Å². The molecule has 0 spiro atoms. The van der Waals surface area contributed by atoms with Crippen LogP contribution < -0.4 is 11.2 Å². The smallest absolute Gasteiger partial charge is 0.170 e. The van der Waals surface area contributed by atoms with Gasteiger partial charge in [0.15, 0.2) is 5.84 Å². The van der Waals surface area contributed by atoms with Gasteiger partial charge in [0.2, 0.25) is 0 Å². The average molecular weight is 176 g/mol. The minimum absolute atomic E-state index is 0.181. The zero-order chi connectivity index (χ0) is 9.84. The monoisotopic (exact) mass is 176 g/mol. The maximum atomic E-state index is 8.56. The van der Waals surface area contributed by atoms with Gasteiger partial charge in [0.25, 0.3) is 0 Å². The SMILES string of the molecule is Bc1cccc(/C(N)=N\O)c1CC. The third kappa shape index (κ3) is 1.83. The van der Waals surface area contributed by atoms with E-state index in [0.717, 1.165) is 17.5 Å². The van der Waals surface area contributed by atoms with Crippen molar-refractivity contribution < 1.29 is 5.21 Å². The van der Waals surface area contributed by atoms with Crippen molar-refractivity contribution in [3.8, 4) is 0 Å². The minimum atomic E-state index is 0.181. The molecule has 0 unspecified atom stereocenters. The number of rotatable bonds is 2. The van der Waals surface area contributed by atoms with E-state index in [1.807, 2.05) is 26.0 Å². The highest BCUT2D eigenvalue weighted by Gasteiger charge is 2.06. The summed E-state index contributed by atoms with van der Waals surface area (Å²) < 4.78 is 0. The highest BCUT2D eigenvalue weighted by atomic mass is 16.4. The first-order valence-electron chi connectivity index (χ1n) is 4.27. The quantitative estimate of drug-likeness (QED) is 0.212. The van der Waals surface area contributed by atoms with Gasteiger partial charge in [-0.05, 0) is 12.0 Å². The Bertz CT molecular complexity index is 336. The number of hydrogen-bond donors (Lipinski definition) is 2. The Kier molecular flexibility index (Phi) is 2.95. The van der Waals surface area contributed by atoms with E-state index in [2.05, 4.69) is 12.1 Å². The molecule has 4 heteroatoms. The van der Waals surface area contributed by atoms with Crippen molar-refractivity contribution >= 4 is 19.1 Å². The van der Waals surface area contributed by atoms with Crippen LogP contribution in [0.4, 0.5) is 0 Å². The van der Waals surface area contributed by atoms with Crippen LogP contribution in [0.1, 0.15) is 18.1 Å². The molecular weight excluding hydrogens is 163 g/mol. The van der Waals surface area contributed by atoms with Gasteiger partial charge in [-0.3, -0.25) is 0 Å². The zero-order valence-electron chi connectivity index (χ0n) is 7.91. The number of benzene rings is 1. The fraction of sp³-hybridized carbons (Fsp3) is 0.222. The van der Waals surface area contributed by atoms with Crippen molar-refractivity contribution in [2.75, 3.05) is 0 Å². The Balaban J connectivity index is 3.28. The van der Waals surface area contributed by atoms with Gasteiger partial charge in [-0.1, -0.05) is 35.7 Å². The summed E-state index contributed by atoms with van der Waals surface area (Å²) in [5, 5.41) is 11.6. The Morgan fingerprint density at radius 2 is 2.31 bits per heavy atom. The molecule has 0 atom stereocenters. The summed E-state index contributed by atoms with van der Waals surface area (Å²) in [7, 11) is 2.02. The molecule has 0 saturated carbocycles. The lowest BCUT2D eigenvalue weighted by atomic mass is 9.86. The van der Waals surface area contributed by atoms with E-state index in [1.54, 1.807) is 0 Å². The molecule has 0 aliphatic rings. The molecule has 0 saturated heterocycles. The molecule has 0 aromatic heterocycles. The summed E-state index contributed by atoms with van der Waals surface area (Å²) >= 11 is 0. The first-order valence-corrected chi connectivity index (χ1v) is 4.27. The van der Waals surface area contributed by atoms with Gasteiger partial charge < -0.3 is 10.9 Å². The number of nitrogens with two attached hydrogens (primary N) is 1. The maximum absolute atomic E-state index is 8.56. The summed E-state index contributed by atoms with van der Waals surface area (Å²) in [5.74, 6) is 0.181. The lowest BCUT2D eigenvalue weighted by Crippen LogP contribution is -2.21. The summed E-state index contributed by atoms with van der Waals surface area (Å²) in [6.07, 6.45) is 0.887. The van der Waals surface area contributed by atoms with Crippen LogP contribution in [0.25, 0.3) is 0 Å². The number of amidine groups is 1. The van der Waals surface area contributed by atoms with Crippen LogP contribution in [0, 0.1) is 0 Å². The molecule has 1 rings (SSSR count). The summed E-state index contributed by atoms with van der Waals surface area (Å²) in [4.78, 5) is 0. The molecule has 0 amide bonds. The number of oxime groups is 1. The first-order chi connectivity index (χ1) is 6.20. The zero-order valence-corrected chi connectivity index (χ0v) is 7.91. The summed E-state index contributed by atoms with van der Waals surface area (Å²) in [6.45, 7) is 2.05. The van der Waals surface area contributed by atoms with Crippen LogP contribution in [-0.4, -0.2) is 18.9 Å². The van der Waals surface area contributed by atoms with Crippen LogP contribution in [0.15, 0.2) is 23.4 Å². The van der Waals surface area contributed by atoms with Gasteiger partial charge >= 0.3 is 0 Å². The second-order valence-corrected chi connectivity index (χ2v) is 2.94. The van der Waals surface area contributed by atoms with Crippen molar-refractivity contribution in [3.05, 3.63) is 29.3 Å². The molecule has 0 radical (unpaired) electrons. The second kappa shape index (κ2) is 3.98. The molecule has 0 aliphatic heterocycles. The van der Waals surface area contributed by atoms with E-state index in [-0.39, 0.29) is 5.84 Å². The number of hydrogen-bond acceptors (Lipinski definition) is 2. The van der Waals surface area contributed by atoms with Crippen LogP contribution in [0.5, 0.6) is 0 Å². The number of nitrogens with zero attached hydrogens (tertiary/aromatic N) is 1. The van der Waals surface area contributed by atoms with E-state index in [9.17, 15) is 0 Å². The molecule has 1 aromatic carbocycles. The largest absolute Gasteiger partial charge is 0.409 e.